The van der Waals surface area contributed by atoms with Crippen LogP contribution in [0.5, 0.6) is 0 Å². The standard InChI is InChI=1S/2C9H15F3.C8H13F3.C8H16.2C6H14/c1-6-3-7(2)5-8(4-6)9(10,11)12;1-6-4-3-5-8(7(6)2)9(10,11)12;1-5-3-6(2)7(4-5)8(9,10)11;1-6-4-5-7(2)8(6)3;2*1-5-6(2,3)4/h2*6-8H,3-5H2,1-2H3;5-7H,3-4H2,1-2H3;6-8H,4-5H2,1-3H3;2*5H2,1-4H3/t6-,7?,8?;6?,7-,8?;5-,6?,7?;;;/m010.../s1/i;;;;5D2;. The van der Waals surface area contributed by atoms with Crippen molar-refractivity contribution in [2.75, 3.05) is 0 Å². The van der Waals surface area contributed by atoms with Gasteiger partial charge in [0.05, 0.1) is 17.8 Å². The molecule has 0 saturated heterocycles. The van der Waals surface area contributed by atoms with Crippen LogP contribution >= 0.6 is 0 Å². The summed E-state index contributed by atoms with van der Waals surface area (Å²) in [5.74, 6) is 0.395. The maximum Gasteiger partial charge on any atom is 0.392 e. The van der Waals surface area contributed by atoms with Gasteiger partial charge in [0.25, 0.3) is 0 Å². The SMILES string of the molecule is CC1CC(C(F)(F)F)C[C@@H](C)C1.CC1CCC(C)C1C.CC1CCCC(C(F)(F)F)[C@@H]1C.CC1C[C@H](C)CC1C(F)(F)F.CCC(C)(C)C.[2H]C([2H])(C)C(C)(C)C. The van der Waals surface area contributed by atoms with Gasteiger partial charge >= 0.3 is 18.5 Å². The summed E-state index contributed by atoms with van der Waals surface area (Å²) in [6.07, 6.45) is -4.12. The zero-order chi connectivity index (χ0) is 45.7. The first-order valence-corrected chi connectivity index (χ1v) is 21.5. The van der Waals surface area contributed by atoms with Crippen molar-refractivity contribution < 1.29 is 42.3 Å². The zero-order valence-electron chi connectivity index (χ0n) is 40.1. The van der Waals surface area contributed by atoms with E-state index in [9.17, 15) is 39.5 Å². The molecule has 4 aliphatic rings. The van der Waals surface area contributed by atoms with Gasteiger partial charge in [0.1, 0.15) is 0 Å². The fraction of sp³-hybridized carbons (Fsp3) is 1.00. The molecular formula is C46H87F9. The van der Waals surface area contributed by atoms with E-state index in [1.807, 2.05) is 48.5 Å². The van der Waals surface area contributed by atoms with Crippen LogP contribution in [0, 0.1) is 81.8 Å². The average Bonchev–Trinajstić information content (AvgIpc) is 3.51. The van der Waals surface area contributed by atoms with Crippen LogP contribution < -0.4 is 0 Å². The van der Waals surface area contributed by atoms with Gasteiger partial charge in [0, 0.05) is 2.74 Å². The summed E-state index contributed by atoms with van der Waals surface area (Å²) in [6, 6.07) is 0. The predicted molar refractivity (Wildman–Crippen MR) is 217 cm³/mol. The van der Waals surface area contributed by atoms with E-state index in [1.165, 1.54) is 19.3 Å². The van der Waals surface area contributed by atoms with Crippen LogP contribution in [0.25, 0.3) is 0 Å². The van der Waals surface area contributed by atoms with Crippen molar-refractivity contribution in [3.63, 3.8) is 0 Å². The second-order valence-corrected chi connectivity index (χ2v) is 20.6. The second kappa shape index (κ2) is 24.5. The van der Waals surface area contributed by atoms with Crippen molar-refractivity contribution in [2.24, 2.45) is 81.8 Å². The highest BCUT2D eigenvalue weighted by Crippen LogP contribution is 2.46. The van der Waals surface area contributed by atoms with Crippen LogP contribution in [0.2, 0.25) is 0 Å². The predicted octanol–water partition coefficient (Wildman–Crippen LogP) is 18.0. The highest BCUT2D eigenvalue weighted by Gasteiger charge is 2.47. The van der Waals surface area contributed by atoms with Crippen molar-refractivity contribution in [1.29, 1.82) is 0 Å². The molecule has 9 heteroatoms. The largest absolute Gasteiger partial charge is 0.392 e. The molecule has 55 heavy (non-hydrogen) atoms. The minimum absolute atomic E-state index is 0.176. The molecule has 0 radical (unpaired) electrons. The number of halogens is 9. The summed E-state index contributed by atoms with van der Waals surface area (Å²) in [5, 5.41) is 0. The third kappa shape index (κ3) is 25.5. The third-order valence-corrected chi connectivity index (χ3v) is 13.0. The lowest BCUT2D eigenvalue weighted by molar-refractivity contribution is -0.199. The van der Waals surface area contributed by atoms with E-state index in [0.29, 0.717) is 31.1 Å². The molecule has 4 fully saturated rings. The number of alkyl halides is 9. The lowest BCUT2D eigenvalue weighted by Gasteiger charge is -2.35. The van der Waals surface area contributed by atoms with E-state index in [-0.39, 0.29) is 40.9 Å². The summed E-state index contributed by atoms with van der Waals surface area (Å²) in [4.78, 5) is 0. The van der Waals surface area contributed by atoms with Gasteiger partial charge in [0.2, 0.25) is 0 Å². The molecule has 11 atom stereocenters. The second-order valence-electron chi connectivity index (χ2n) is 20.6. The van der Waals surface area contributed by atoms with Crippen LogP contribution in [0.4, 0.5) is 39.5 Å². The smallest absolute Gasteiger partial charge is 0.171 e. The lowest BCUT2D eigenvalue weighted by Crippen LogP contribution is -2.35. The minimum Gasteiger partial charge on any atom is -0.171 e. The third-order valence-electron chi connectivity index (χ3n) is 13.0. The maximum absolute atomic E-state index is 12.4. The molecule has 4 rings (SSSR count). The maximum atomic E-state index is 12.4. The average molecular weight is 813 g/mol. The molecule has 0 N–H and O–H groups in total. The van der Waals surface area contributed by atoms with E-state index in [4.69, 9.17) is 2.74 Å². The molecule has 0 aliphatic heterocycles. The van der Waals surface area contributed by atoms with Crippen molar-refractivity contribution >= 4 is 0 Å². The van der Waals surface area contributed by atoms with E-state index in [0.717, 1.165) is 43.4 Å². The Bertz CT molecular complexity index is 1020. The molecule has 334 valence electrons. The van der Waals surface area contributed by atoms with Crippen molar-refractivity contribution in [3.8, 4) is 0 Å². The van der Waals surface area contributed by atoms with Crippen LogP contribution in [0.3, 0.4) is 0 Å². The Balaban J connectivity index is 0. The highest BCUT2D eigenvalue weighted by molar-refractivity contribution is 4.84. The molecule has 0 aromatic carbocycles. The van der Waals surface area contributed by atoms with Gasteiger partial charge in [-0.25, -0.2) is 0 Å². The summed E-state index contributed by atoms with van der Waals surface area (Å²) < 4.78 is 125. The normalized spacial score (nSPS) is 34.9. The molecule has 0 bridgehead atoms. The summed E-state index contributed by atoms with van der Waals surface area (Å²) in [5.41, 5.74) is 0.312. The van der Waals surface area contributed by atoms with Crippen molar-refractivity contribution in [1.82, 2.24) is 0 Å². The number of hydrogen-bond acceptors (Lipinski definition) is 0. The van der Waals surface area contributed by atoms with Crippen LogP contribution in [0.15, 0.2) is 0 Å². The lowest BCUT2D eigenvalue weighted by atomic mass is 9.73. The van der Waals surface area contributed by atoms with Gasteiger partial charge < -0.3 is 0 Å². The van der Waals surface area contributed by atoms with Gasteiger partial charge in [0.15, 0.2) is 0 Å². The highest BCUT2D eigenvalue weighted by atomic mass is 19.4. The molecule has 8 unspecified atom stereocenters. The van der Waals surface area contributed by atoms with Gasteiger partial charge in [-0.05, 0) is 103 Å². The van der Waals surface area contributed by atoms with Crippen molar-refractivity contribution in [2.45, 2.75) is 213 Å². The van der Waals surface area contributed by atoms with Crippen LogP contribution in [-0.2, 0) is 0 Å². The van der Waals surface area contributed by atoms with Gasteiger partial charge in [-0.3, -0.25) is 0 Å². The van der Waals surface area contributed by atoms with E-state index >= 15 is 0 Å². The minimum atomic E-state index is -3.98. The summed E-state index contributed by atoms with van der Waals surface area (Å²) in [7, 11) is 0. The molecule has 0 spiro atoms. The fourth-order valence-electron chi connectivity index (χ4n) is 7.89. The quantitative estimate of drug-likeness (QED) is 0.214. The molecule has 0 heterocycles. The molecule has 4 saturated carbocycles. The van der Waals surface area contributed by atoms with Crippen LogP contribution in [-0.4, -0.2) is 18.5 Å². The number of rotatable bonds is 0. The molecule has 4 aliphatic carbocycles. The molecule has 0 aromatic heterocycles. The fourth-order valence-corrected chi connectivity index (χ4v) is 7.89. The van der Waals surface area contributed by atoms with Gasteiger partial charge in [-0.1, -0.05) is 156 Å². The Morgan fingerprint density at radius 3 is 1.02 bits per heavy atom. The first kappa shape index (κ1) is 52.4. The molecule has 0 nitrogen and oxygen atoms in total. The first-order chi connectivity index (χ1) is 25.3. The van der Waals surface area contributed by atoms with E-state index in [1.54, 1.807) is 20.8 Å². The van der Waals surface area contributed by atoms with E-state index in [2.05, 4.69) is 48.5 Å². The Morgan fingerprint density at radius 2 is 0.800 bits per heavy atom. The Kier molecular flexibility index (Phi) is 23.3. The Labute approximate surface area is 336 Å². The van der Waals surface area contributed by atoms with Crippen LogP contribution in [0.1, 0.15) is 197 Å². The Hall–Kier alpha value is -0.630. The molecular weight excluding hydrogens is 723 g/mol. The van der Waals surface area contributed by atoms with Gasteiger partial charge in [-0.2, -0.15) is 39.5 Å². The first-order valence-electron chi connectivity index (χ1n) is 22.5. The van der Waals surface area contributed by atoms with Crippen molar-refractivity contribution in [3.05, 3.63) is 0 Å². The molecule has 0 amide bonds. The van der Waals surface area contributed by atoms with Gasteiger partial charge in [-0.15, -0.1) is 0 Å². The monoisotopic (exact) mass is 813 g/mol. The molecule has 0 aromatic rings. The topological polar surface area (TPSA) is 0 Å². The number of hydrogen-bond donors (Lipinski definition) is 0. The summed E-state index contributed by atoms with van der Waals surface area (Å²) >= 11 is 0. The zero-order valence-corrected chi connectivity index (χ0v) is 38.1. The van der Waals surface area contributed by atoms with E-state index < -0.39 is 42.7 Å². The summed E-state index contributed by atoms with van der Waals surface area (Å²) in [6.45, 7) is 34.4. The Morgan fingerprint density at radius 1 is 0.436 bits per heavy atom.